The molecule has 5 nitrogen and oxygen atoms in total. The van der Waals surface area contributed by atoms with Gasteiger partial charge in [0.15, 0.2) is 4.80 Å². The number of ether oxygens (including phenoxy) is 1. The van der Waals surface area contributed by atoms with Crippen LogP contribution in [0.3, 0.4) is 0 Å². The predicted octanol–water partition coefficient (Wildman–Crippen LogP) is 3.73. The van der Waals surface area contributed by atoms with E-state index in [9.17, 15) is 9.59 Å². The molecule has 0 N–H and O–H groups in total. The number of halogens is 1. The van der Waals surface area contributed by atoms with Gasteiger partial charge >= 0.3 is 5.97 Å². The van der Waals surface area contributed by atoms with E-state index in [4.69, 9.17) is 4.74 Å². The number of fused-ring (bicyclic) bond motifs is 1. The first-order valence-corrected chi connectivity index (χ1v) is 11.2. The third-order valence-electron chi connectivity index (χ3n) is 4.84. The molecule has 1 aliphatic rings. The quantitative estimate of drug-likeness (QED) is 0.401. The largest absolute Gasteiger partial charge is 0.458 e. The lowest BCUT2D eigenvalue weighted by Gasteiger charge is -2.24. The number of carbonyl (C=O) groups excluding carboxylic acids is 1. The summed E-state index contributed by atoms with van der Waals surface area (Å²) in [4.78, 5) is 31.5. The van der Waals surface area contributed by atoms with Gasteiger partial charge in [0.1, 0.15) is 6.61 Å². The second-order valence-corrected chi connectivity index (χ2v) is 8.86. The number of hydrogen-bond donors (Lipinski definition) is 0. The van der Waals surface area contributed by atoms with Gasteiger partial charge in [0.05, 0.1) is 21.8 Å². The fraction of sp³-hybridized carbons (Fsp3) is 0.125. The van der Waals surface area contributed by atoms with Gasteiger partial charge in [-0.3, -0.25) is 9.36 Å². The summed E-state index contributed by atoms with van der Waals surface area (Å²) in [6.45, 7) is 5.45. The molecule has 3 aromatic rings. The zero-order valence-electron chi connectivity index (χ0n) is 16.7. The number of benzene rings is 2. The zero-order chi connectivity index (χ0) is 22.0. The Balaban J connectivity index is 1.93. The Morgan fingerprint density at radius 1 is 1.26 bits per heavy atom. The average Bonchev–Trinajstić information content (AvgIpc) is 3.06. The van der Waals surface area contributed by atoms with E-state index in [1.807, 2.05) is 60.7 Å². The first kappa shape index (κ1) is 21.2. The number of esters is 1. The minimum absolute atomic E-state index is 0.0877. The molecule has 1 aromatic heterocycles. The van der Waals surface area contributed by atoms with E-state index < -0.39 is 12.0 Å². The summed E-state index contributed by atoms with van der Waals surface area (Å²) in [5, 5.41) is 0. The standard InChI is InChI=1S/C24H19BrN2O3S/c1-3-12-30-23(29)20-15(2)26-24-27(21(20)17-9-5-4-6-10-17)22(28)19(31-24)14-16-8-7-11-18(25)13-16/h3-11,13-14,21H,1,12H2,2H3/b19-14+. The van der Waals surface area contributed by atoms with Crippen LogP contribution in [0.4, 0.5) is 0 Å². The van der Waals surface area contributed by atoms with E-state index in [2.05, 4.69) is 27.5 Å². The lowest BCUT2D eigenvalue weighted by Crippen LogP contribution is -2.39. The molecule has 0 radical (unpaired) electrons. The van der Waals surface area contributed by atoms with E-state index in [0.717, 1.165) is 15.6 Å². The van der Waals surface area contributed by atoms with Crippen molar-refractivity contribution in [2.75, 3.05) is 6.61 Å². The minimum Gasteiger partial charge on any atom is -0.458 e. The third kappa shape index (κ3) is 4.24. The Kier molecular flexibility index (Phi) is 6.15. The molecule has 0 spiro atoms. The fourth-order valence-electron chi connectivity index (χ4n) is 3.49. The maximum absolute atomic E-state index is 13.5. The van der Waals surface area contributed by atoms with Crippen LogP contribution in [0.15, 0.2) is 92.8 Å². The van der Waals surface area contributed by atoms with Crippen LogP contribution in [0, 0.1) is 0 Å². The van der Waals surface area contributed by atoms with Crippen LogP contribution in [0.5, 0.6) is 0 Å². The first-order valence-electron chi connectivity index (χ1n) is 9.60. The van der Waals surface area contributed by atoms with Crippen LogP contribution in [0.25, 0.3) is 6.08 Å². The zero-order valence-corrected chi connectivity index (χ0v) is 19.2. The predicted molar refractivity (Wildman–Crippen MR) is 126 cm³/mol. The van der Waals surface area contributed by atoms with Crippen molar-refractivity contribution in [3.63, 3.8) is 0 Å². The highest BCUT2D eigenvalue weighted by atomic mass is 79.9. The number of allylic oxidation sites excluding steroid dienone is 1. The van der Waals surface area contributed by atoms with E-state index >= 15 is 0 Å². The van der Waals surface area contributed by atoms with Gasteiger partial charge in [-0.1, -0.05) is 82.4 Å². The Morgan fingerprint density at radius 2 is 2.03 bits per heavy atom. The van der Waals surface area contributed by atoms with Crippen molar-refractivity contribution in [3.05, 3.63) is 114 Å². The van der Waals surface area contributed by atoms with Crippen LogP contribution in [0.2, 0.25) is 0 Å². The van der Waals surface area contributed by atoms with Crippen molar-refractivity contribution in [2.45, 2.75) is 13.0 Å². The first-order chi connectivity index (χ1) is 15.0. The summed E-state index contributed by atoms with van der Waals surface area (Å²) in [6, 6.07) is 16.6. The summed E-state index contributed by atoms with van der Waals surface area (Å²) < 4.78 is 8.39. The molecule has 7 heteroatoms. The van der Waals surface area contributed by atoms with E-state index in [-0.39, 0.29) is 12.2 Å². The van der Waals surface area contributed by atoms with Crippen molar-refractivity contribution in [2.24, 2.45) is 4.99 Å². The smallest absolute Gasteiger partial charge is 0.338 e. The molecule has 1 unspecified atom stereocenters. The van der Waals surface area contributed by atoms with Crippen LogP contribution < -0.4 is 14.9 Å². The van der Waals surface area contributed by atoms with Gasteiger partial charge in [0, 0.05) is 4.47 Å². The lowest BCUT2D eigenvalue weighted by atomic mass is 9.96. The molecule has 2 heterocycles. The Hall–Kier alpha value is -3.03. The summed E-state index contributed by atoms with van der Waals surface area (Å²) in [6.07, 6.45) is 3.35. The Morgan fingerprint density at radius 3 is 2.74 bits per heavy atom. The Bertz CT molecular complexity index is 1370. The van der Waals surface area contributed by atoms with Crippen molar-refractivity contribution in [1.82, 2.24) is 4.57 Å². The highest BCUT2D eigenvalue weighted by molar-refractivity contribution is 9.10. The molecule has 0 amide bonds. The molecule has 0 fully saturated rings. The van der Waals surface area contributed by atoms with E-state index in [1.54, 1.807) is 11.5 Å². The third-order valence-corrected chi connectivity index (χ3v) is 6.31. The van der Waals surface area contributed by atoms with Crippen molar-refractivity contribution in [1.29, 1.82) is 0 Å². The van der Waals surface area contributed by atoms with Crippen molar-refractivity contribution < 1.29 is 9.53 Å². The van der Waals surface area contributed by atoms with Gasteiger partial charge in [0.25, 0.3) is 5.56 Å². The topological polar surface area (TPSA) is 60.7 Å². The van der Waals surface area contributed by atoms with Gasteiger partial charge in [0.2, 0.25) is 0 Å². The maximum atomic E-state index is 13.5. The highest BCUT2D eigenvalue weighted by Gasteiger charge is 2.33. The molecular weight excluding hydrogens is 476 g/mol. The van der Waals surface area contributed by atoms with Gasteiger partial charge in [-0.05, 0) is 36.3 Å². The van der Waals surface area contributed by atoms with Gasteiger partial charge in [-0.25, -0.2) is 9.79 Å². The molecule has 0 saturated carbocycles. The van der Waals surface area contributed by atoms with Gasteiger partial charge in [-0.2, -0.15) is 0 Å². The molecule has 156 valence electrons. The molecule has 4 rings (SSSR count). The van der Waals surface area contributed by atoms with Crippen LogP contribution in [-0.4, -0.2) is 17.1 Å². The number of aromatic nitrogens is 1. The number of carbonyl (C=O) groups is 1. The minimum atomic E-state index is -0.612. The molecule has 1 aliphatic heterocycles. The number of hydrogen-bond acceptors (Lipinski definition) is 5. The second kappa shape index (κ2) is 8.99. The van der Waals surface area contributed by atoms with Crippen LogP contribution >= 0.6 is 27.3 Å². The second-order valence-electron chi connectivity index (χ2n) is 6.93. The lowest BCUT2D eigenvalue weighted by molar-refractivity contribution is -0.138. The van der Waals surface area contributed by atoms with E-state index in [1.165, 1.54) is 17.4 Å². The number of rotatable bonds is 5. The summed E-state index contributed by atoms with van der Waals surface area (Å²) in [7, 11) is 0. The molecule has 31 heavy (non-hydrogen) atoms. The SMILES string of the molecule is C=CCOC(=O)C1=C(C)N=c2s/c(=C/c3cccc(Br)c3)c(=O)n2C1c1ccccc1. The normalized spacial score (nSPS) is 15.9. The van der Waals surface area contributed by atoms with Crippen LogP contribution in [-0.2, 0) is 9.53 Å². The molecule has 0 aliphatic carbocycles. The highest BCUT2D eigenvalue weighted by Crippen LogP contribution is 2.30. The van der Waals surface area contributed by atoms with Gasteiger partial charge in [-0.15, -0.1) is 0 Å². The molecule has 0 saturated heterocycles. The van der Waals surface area contributed by atoms with Crippen molar-refractivity contribution >= 4 is 39.3 Å². The fourth-order valence-corrected chi connectivity index (χ4v) is 4.96. The molecule has 1 atom stereocenters. The van der Waals surface area contributed by atoms with Crippen molar-refractivity contribution in [3.8, 4) is 0 Å². The Labute approximate surface area is 191 Å². The van der Waals surface area contributed by atoms with Gasteiger partial charge < -0.3 is 4.74 Å². The summed E-state index contributed by atoms with van der Waals surface area (Å²) in [5.74, 6) is -0.503. The maximum Gasteiger partial charge on any atom is 0.338 e. The molecule has 0 bridgehead atoms. The number of nitrogens with zero attached hydrogens (tertiary/aromatic N) is 2. The molecular formula is C24H19BrN2O3S. The average molecular weight is 495 g/mol. The molecule has 2 aromatic carbocycles. The van der Waals surface area contributed by atoms with E-state index in [0.29, 0.717) is 20.6 Å². The number of thiazole rings is 1. The monoisotopic (exact) mass is 494 g/mol. The van der Waals surface area contributed by atoms with Crippen LogP contribution in [0.1, 0.15) is 24.1 Å². The summed E-state index contributed by atoms with van der Waals surface area (Å²) >= 11 is 4.77. The summed E-state index contributed by atoms with van der Waals surface area (Å²) in [5.41, 5.74) is 2.42.